The molecule has 0 bridgehead atoms. The van der Waals surface area contributed by atoms with E-state index in [4.69, 9.17) is 9.47 Å². The average molecular weight is 279 g/mol. The average Bonchev–Trinajstić information content (AvgIpc) is 2.47. The van der Waals surface area contributed by atoms with E-state index in [2.05, 4.69) is 38.2 Å². The minimum Gasteiger partial charge on any atom is -0.497 e. The van der Waals surface area contributed by atoms with Gasteiger partial charge in [0, 0.05) is 7.11 Å². The Labute approximate surface area is 123 Å². The first kappa shape index (κ1) is 17.0. The van der Waals surface area contributed by atoms with Crippen LogP contribution in [-0.2, 0) is 4.74 Å². The molecule has 20 heavy (non-hydrogen) atoms. The summed E-state index contributed by atoms with van der Waals surface area (Å²) in [6.45, 7) is 7.52. The number of ether oxygens (including phenoxy) is 2. The summed E-state index contributed by atoms with van der Waals surface area (Å²) < 4.78 is 11.0. The Morgan fingerprint density at radius 3 is 2.40 bits per heavy atom. The van der Waals surface area contributed by atoms with E-state index in [0.29, 0.717) is 0 Å². The zero-order valence-electron chi connectivity index (χ0n) is 13.5. The molecule has 1 N–H and O–H groups in total. The molecule has 0 aliphatic carbocycles. The number of nitrogens with one attached hydrogen (secondary N) is 1. The summed E-state index contributed by atoms with van der Waals surface area (Å²) in [5.74, 6) is 0.907. The molecule has 2 atom stereocenters. The maximum atomic E-state index is 5.72. The molecule has 0 fully saturated rings. The van der Waals surface area contributed by atoms with Crippen LogP contribution in [0.15, 0.2) is 18.2 Å². The van der Waals surface area contributed by atoms with Crippen molar-refractivity contribution in [1.29, 1.82) is 0 Å². The lowest BCUT2D eigenvalue weighted by molar-refractivity contribution is 0.0604. The quantitative estimate of drug-likeness (QED) is 0.744. The Hall–Kier alpha value is -1.06. The van der Waals surface area contributed by atoms with Crippen molar-refractivity contribution < 1.29 is 9.47 Å². The van der Waals surface area contributed by atoms with Crippen LogP contribution in [0.3, 0.4) is 0 Å². The van der Waals surface area contributed by atoms with Gasteiger partial charge in [-0.2, -0.15) is 0 Å². The van der Waals surface area contributed by atoms with Gasteiger partial charge in [-0.15, -0.1) is 0 Å². The summed E-state index contributed by atoms with van der Waals surface area (Å²) in [6, 6.07) is 6.52. The highest BCUT2D eigenvalue weighted by Gasteiger charge is 2.23. The maximum absolute atomic E-state index is 5.72. The van der Waals surface area contributed by atoms with Gasteiger partial charge >= 0.3 is 0 Å². The number of benzene rings is 1. The number of hydrogen-bond acceptors (Lipinski definition) is 3. The first-order chi connectivity index (χ1) is 9.67. The van der Waals surface area contributed by atoms with Gasteiger partial charge in [0.1, 0.15) is 5.75 Å². The Bertz CT molecular complexity index is 393. The lowest BCUT2D eigenvalue weighted by Crippen LogP contribution is -2.34. The fraction of sp³-hybridized carbons (Fsp3) is 0.647. The Morgan fingerprint density at radius 2 is 1.90 bits per heavy atom. The van der Waals surface area contributed by atoms with Gasteiger partial charge in [0.15, 0.2) is 0 Å². The summed E-state index contributed by atoms with van der Waals surface area (Å²) in [4.78, 5) is 0. The van der Waals surface area contributed by atoms with Crippen LogP contribution in [0.4, 0.5) is 0 Å². The molecule has 1 rings (SSSR count). The van der Waals surface area contributed by atoms with Crippen LogP contribution >= 0.6 is 0 Å². The molecule has 3 nitrogen and oxygen atoms in total. The second-order valence-corrected chi connectivity index (χ2v) is 5.22. The third-order valence-electron chi connectivity index (χ3n) is 3.67. The van der Waals surface area contributed by atoms with Crippen LogP contribution in [-0.4, -0.2) is 26.9 Å². The lowest BCUT2D eigenvalue weighted by Gasteiger charge is -2.28. The van der Waals surface area contributed by atoms with Crippen molar-refractivity contribution in [3.05, 3.63) is 29.3 Å². The zero-order valence-corrected chi connectivity index (χ0v) is 13.5. The van der Waals surface area contributed by atoms with E-state index in [-0.39, 0.29) is 12.1 Å². The minimum atomic E-state index is 0.207. The predicted molar refractivity (Wildman–Crippen MR) is 84.5 cm³/mol. The van der Waals surface area contributed by atoms with E-state index in [9.17, 15) is 0 Å². The number of rotatable bonds is 9. The summed E-state index contributed by atoms with van der Waals surface area (Å²) in [6.07, 6.45) is 3.51. The highest BCUT2D eigenvalue weighted by Crippen LogP contribution is 2.27. The second-order valence-electron chi connectivity index (χ2n) is 5.22. The third kappa shape index (κ3) is 4.50. The molecule has 0 saturated carbocycles. The molecule has 114 valence electrons. The molecule has 0 radical (unpaired) electrons. The topological polar surface area (TPSA) is 30.5 Å². The van der Waals surface area contributed by atoms with Gasteiger partial charge in [-0.1, -0.05) is 26.3 Å². The van der Waals surface area contributed by atoms with Crippen molar-refractivity contribution in [2.75, 3.05) is 20.8 Å². The van der Waals surface area contributed by atoms with Gasteiger partial charge in [0.05, 0.1) is 19.3 Å². The van der Waals surface area contributed by atoms with Crippen molar-refractivity contribution in [2.45, 2.75) is 52.2 Å². The smallest absolute Gasteiger partial charge is 0.119 e. The molecule has 2 unspecified atom stereocenters. The van der Waals surface area contributed by atoms with Crippen LogP contribution < -0.4 is 10.1 Å². The van der Waals surface area contributed by atoms with E-state index >= 15 is 0 Å². The highest BCUT2D eigenvalue weighted by atomic mass is 16.5. The minimum absolute atomic E-state index is 0.207. The number of aryl methyl sites for hydroxylation is 1. The predicted octanol–water partition coefficient (Wildman–Crippen LogP) is 3.86. The summed E-state index contributed by atoms with van der Waals surface area (Å²) >= 11 is 0. The molecule has 0 heterocycles. The van der Waals surface area contributed by atoms with Crippen molar-refractivity contribution >= 4 is 0 Å². The molecular weight excluding hydrogens is 250 g/mol. The maximum Gasteiger partial charge on any atom is 0.119 e. The van der Waals surface area contributed by atoms with Crippen molar-refractivity contribution in [3.8, 4) is 5.75 Å². The van der Waals surface area contributed by atoms with Crippen molar-refractivity contribution in [3.63, 3.8) is 0 Å². The Kier molecular flexibility index (Phi) is 7.63. The first-order valence-electron chi connectivity index (χ1n) is 7.58. The Balaban J connectivity index is 3.02. The van der Waals surface area contributed by atoms with Crippen LogP contribution in [0.2, 0.25) is 0 Å². The first-order valence-corrected chi connectivity index (χ1v) is 7.58. The normalized spacial score (nSPS) is 14.1. The molecule has 1 aromatic rings. The fourth-order valence-corrected chi connectivity index (χ4v) is 2.57. The second kappa shape index (κ2) is 8.98. The largest absolute Gasteiger partial charge is 0.497 e. The molecule has 0 saturated heterocycles. The molecule has 0 spiro atoms. The Morgan fingerprint density at radius 1 is 1.15 bits per heavy atom. The third-order valence-corrected chi connectivity index (χ3v) is 3.67. The van der Waals surface area contributed by atoms with Gasteiger partial charge in [-0.25, -0.2) is 0 Å². The van der Waals surface area contributed by atoms with Crippen LogP contribution in [0.5, 0.6) is 5.75 Å². The SMILES string of the molecule is CCCNC(c1ccc(OC)cc1C)C(CCC)OC. The molecular formula is C17H29NO2. The summed E-state index contributed by atoms with van der Waals surface area (Å²) in [5, 5.41) is 3.63. The van der Waals surface area contributed by atoms with Crippen molar-refractivity contribution in [2.24, 2.45) is 0 Å². The monoisotopic (exact) mass is 279 g/mol. The van der Waals surface area contributed by atoms with Crippen LogP contribution in [0.1, 0.15) is 50.3 Å². The van der Waals surface area contributed by atoms with Crippen molar-refractivity contribution in [1.82, 2.24) is 5.32 Å². The fourth-order valence-electron chi connectivity index (χ4n) is 2.57. The highest BCUT2D eigenvalue weighted by molar-refractivity contribution is 5.37. The molecule has 0 aliphatic rings. The molecule has 1 aromatic carbocycles. The summed E-state index contributed by atoms with van der Waals surface area (Å²) in [5.41, 5.74) is 2.55. The number of methoxy groups -OCH3 is 2. The van der Waals surface area contributed by atoms with E-state index in [1.165, 1.54) is 11.1 Å². The lowest BCUT2D eigenvalue weighted by atomic mass is 9.94. The van der Waals surface area contributed by atoms with Gasteiger partial charge in [0.2, 0.25) is 0 Å². The van der Waals surface area contributed by atoms with Crippen LogP contribution in [0, 0.1) is 6.92 Å². The molecule has 0 aromatic heterocycles. The standard InChI is InChI=1S/C17H29NO2/c1-6-8-16(20-5)17(18-11-7-2)15-10-9-14(19-4)12-13(15)3/h9-10,12,16-18H,6-8,11H2,1-5H3. The van der Waals surface area contributed by atoms with Gasteiger partial charge in [-0.3, -0.25) is 0 Å². The van der Waals surface area contributed by atoms with Gasteiger partial charge in [-0.05, 0) is 49.6 Å². The van der Waals surface area contributed by atoms with E-state index in [0.717, 1.165) is 31.6 Å². The molecule has 3 heteroatoms. The zero-order chi connectivity index (χ0) is 15.0. The van der Waals surface area contributed by atoms with E-state index < -0.39 is 0 Å². The number of hydrogen-bond donors (Lipinski definition) is 1. The van der Waals surface area contributed by atoms with Gasteiger partial charge < -0.3 is 14.8 Å². The van der Waals surface area contributed by atoms with E-state index in [1.54, 1.807) is 14.2 Å². The summed E-state index contributed by atoms with van der Waals surface area (Å²) in [7, 11) is 3.51. The van der Waals surface area contributed by atoms with E-state index in [1.807, 2.05) is 6.07 Å². The van der Waals surface area contributed by atoms with Gasteiger partial charge in [0.25, 0.3) is 0 Å². The molecule has 0 aliphatic heterocycles. The molecule has 0 amide bonds. The van der Waals surface area contributed by atoms with Crippen LogP contribution in [0.25, 0.3) is 0 Å².